The summed E-state index contributed by atoms with van der Waals surface area (Å²) in [6.45, 7) is 1.50. The van der Waals surface area contributed by atoms with E-state index in [4.69, 9.17) is 4.84 Å². The third kappa shape index (κ3) is 4.39. The number of halogens is 1. The lowest BCUT2D eigenvalue weighted by atomic mass is 10.0. The molecule has 1 aromatic rings. The van der Waals surface area contributed by atoms with Crippen molar-refractivity contribution in [2.75, 3.05) is 0 Å². The molecule has 0 aromatic heterocycles. The molecule has 1 saturated heterocycles. The Hall–Kier alpha value is -2.20. The van der Waals surface area contributed by atoms with Crippen LogP contribution in [0, 0.1) is 0 Å². The molecule has 1 aromatic carbocycles. The Morgan fingerprint density at radius 3 is 2.48 bits per heavy atom. The number of hydrogen-bond donors (Lipinski definition) is 1. The highest BCUT2D eigenvalue weighted by atomic mass is 32.3. The quantitative estimate of drug-likeness (QED) is 0.784. The Balaban J connectivity index is 2.03. The second kappa shape index (κ2) is 6.50. The SMILES string of the molecule is CC(C(=O)ON1C(=O)CCC1O)c1ccc(OS(=O)(=O)F)cc1. The van der Waals surface area contributed by atoms with E-state index in [0.29, 0.717) is 10.6 Å². The van der Waals surface area contributed by atoms with Gasteiger partial charge in [0.15, 0.2) is 6.23 Å². The molecule has 23 heavy (non-hydrogen) atoms. The van der Waals surface area contributed by atoms with E-state index in [1.54, 1.807) is 0 Å². The van der Waals surface area contributed by atoms with E-state index < -0.39 is 34.5 Å². The second-order valence-corrected chi connectivity index (χ2v) is 5.87. The Bertz CT molecular complexity index is 704. The van der Waals surface area contributed by atoms with Gasteiger partial charge in [-0.25, -0.2) is 4.79 Å². The van der Waals surface area contributed by atoms with E-state index in [0.717, 1.165) is 0 Å². The van der Waals surface area contributed by atoms with E-state index >= 15 is 0 Å². The molecule has 1 fully saturated rings. The van der Waals surface area contributed by atoms with Crippen molar-refractivity contribution in [3.63, 3.8) is 0 Å². The first-order valence-electron chi connectivity index (χ1n) is 6.63. The van der Waals surface area contributed by atoms with Crippen molar-refractivity contribution in [1.29, 1.82) is 0 Å². The van der Waals surface area contributed by atoms with E-state index in [1.165, 1.54) is 31.2 Å². The summed E-state index contributed by atoms with van der Waals surface area (Å²) >= 11 is 0. The molecular weight excluding hydrogens is 333 g/mol. The summed E-state index contributed by atoms with van der Waals surface area (Å²) in [5.41, 5.74) is 0.430. The molecule has 10 heteroatoms. The zero-order chi connectivity index (χ0) is 17.2. The van der Waals surface area contributed by atoms with Crippen LogP contribution in [0.4, 0.5) is 3.89 Å². The number of carbonyl (C=O) groups is 2. The van der Waals surface area contributed by atoms with Gasteiger partial charge in [-0.3, -0.25) is 4.79 Å². The molecule has 126 valence electrons. The molecule has 0 spiro atoms. The molecule has 2 rings (SSSR count). The molecule has 8 nitrogen and oxygen atoms in total. The molecule has 1 amide bonds. The van der Waals surface area contributed by atoms with Crippen LogP contribution in [0.3, 0.4) is 0 Å². The first kappa shape index (κ1) is 17.2. The number of amides is 1. The average Bonchev–Trinajstić information content (AvgIpc) is 2.77. The predicted octanol–water partition coefficient (Wildman–Crippen LogP) is 0.782. The van der Waals surface area contributed by atoms with Gasteiger partial charge in [-0.05, 0) is 24.6 Å². The minimum absolute atomic E-state index is 0.0898. The van der Waals surface area contributed by atoms with Crippen LogP contribution in [0.1, 0.15) is 31.2 Å². The third-order valence-electron chi connectivity index (χ3n) is 3.25. The summed E-state index contributed by atoms with van der Waals surface area (Å²) in [5, 5.41) is 10.2. The largest absolute Gasteiger partial charge is 0.488 e. The maximum absolute atomic E-state index is 12.4. The summed E-state index contributed by atoms with van der Waals surface area (Å²) < 4.78 is 37.1. The van der Waals surface area contributed by atoms with E-state index in [9.17, 15) is 27.0 Å². The maximum atomic E-state index is 12.4. The molecule has 2 atom stereocenters. The molecule has 1 heterocycles. The number of aliphatic hydroxyl groups is 1. The zero-order valence-corrected chi connectivity index (χ0v) is 12.8. The second-order valence-electron chi connectivity index (χ2n) is 4.92. The lowest BCUT2D eigenvalue weighted by Crippen LogP contribution is -2.36. The van der Waals surface area contributed by atoms with Gasteiger partial charge >= 0.3 is 16.5 Å². The molecule has 2 unspecified atom stereocenters. The Morgan fingerprint density at radius 2 is 2.00 bits per heavy atom. The van der Waals surface area contributed by atoms with E-state index in [2.05, 4.69) is 4.18 Å². The van der Waals surface area contributed by atoms with Crippen molar-refractivity contribution in [2.45, 2.75) is 31.9 Å². The van der Waals surface area contributed by atoms with Crippen LogP contribution in [0.15, 0.2) is 24.3 Å². The topological polar surface area (TPSA) is 110 Å². The standard InChI is InChI=1S/C13H14FNO7S/c1-8(13(18)21-15-11(16)6-7-12(15)17)9-2-4-10(5-3-9)22-23(14,19)20/h2-5,8,11,16H,6-7H2,1H3. The fraction of sp³-hybridized carbons (Fsp3) is 0.385. The molecule has 1 N–H and O–H groups in total. The van der Waals surface area contributed by atoms with Crippen LogP contribution in [-0.4, -0.2) is 36.7 Å². The van der Waals surface area contributed by atoms with Crippen LogP contribution in [0.25, 0.3) is 0 Å². The van der Waals surface area contributed by atoms with Gasteiger partial charge in [0, 0.05) is 12.8 Å². The summed E-state index contributed by atoms with van der Waals surface area (Å²) in [5.74, 6) is -2.31. The molecule has 1 aliphatic rings. The van der Waals surface area contributed by atoms with Crippen LogP contribution in [0.5, 0.6) is 5.75 Å². The summed E-state index contributed by atoms with van der Waals surface area (Å²) in [6.07, 6.45) is -0.888. The lowest BCUT2D eigenvalue weighted by Gasteiger charge is -2.21. The first-order chi connectivity index (χ1) is 10.7. The first-order valence-corrected chi connectivity index (χ1v) is 7.94. The van der Waals surface area contributed by atoms with Crippen LogP contribution in [-0.2, 0) is 24.9 Å². The van der Waals surface area contributed by atoms with Gasteiger partial charge in [0.1, 0.15) is 5.75 Å². The average molecular weight is 347 g/mol. The summed E-state index contributed by atoms with van der Waals surface area (Å²) in [4.78, 5) is 28.3. The van der Waals surface area contributed by atoms with Gasteiger partial charge in [-0.2, -0.15) is 8.42 Å². The normalized spacial score (nSPS) is 19.5. The van der Waals surface area contributed by atoms with Crippen molar-refractivity contribution in [1.82, 2.24) is 5.06 Å². The smallest absolute Gasteiger partial charge is 0.370 e. The van der Waals surface area contributed by atoms with Crippen molar-refractivity contribution in [2.24, 2.45) is 0 Å². The number of aliphatic hydroxyl groups excluding tert-OH is 1. The number of carbonyl (C=O) groups excluding carboxylic acids is 2. The molecular formula is C13H14FNO7S. The van der Waals surface area contributed by atoms with Crippen LogP contribution < -0.4 is 4.18 Å². The maximum Gasteiger partial charge on any atom is 0.488 e. The van der Waals surface area contributed by atoms with Crippen LogP contribution >= 0.6 is 0 Å². The van der Waals surface area contributed by atoms with Gasteiger partial charge in [-0.15, -0.1) is 5.06 Å². The number of rotatable bonds is 5. The molecule has 0 radical (unpaired) electrons. The molecule has 0 aliphatic carbocycles. The van der Waals surface area contributed by atoms with Crippen molar-refractivity contribution in [3.05, 3.63) is 29.8 Å². The number of nitrogens with zero attached hydrogens (tertiary/aromatic N) is 1. The van der Waals surface area contributed by atoms with Crippen molar-refractivity contribution < 1.29 is 36.0 Å². The van der Waals surface area contributed by atoms with Gasteiger partial charge in [-0.1, -0.05) is 16.0 Å². The van der Waals surface area contributed by atoms with Gasteiger partial charge in [0.2, 0.25) is 0 Å². The fourth-order valence-corrected chi connectivity index (χ4v) is 2.34. The Morgan fingerprint density at radius 1 is 1.39 bits per heavy atom. The van der Waals surface area contributed by atoms with E-state index in [-0.39, 0.29) is 18.6 Å². The predicted molar refractivity (Wildman–Crippen MR) is 73.7 cm³/mol. The molecule has 0 saturated carbocycles. The number of hydrogen-bond acceptors (Lipinski definition) is 7. The molecule has 0 bridgehead atoms. The summed E-state index contributed by atoms with van der Waals surface area (Å²) in [6, 6.07) is 5.06. The van der Waals surface area contributed by atoms with Gasteiger partial charge in [0.05, 0.1) is 5.92 Å². The fourth-order valence-electron chi connectivity index (χ4n) is 2.00. The van der Waals surface area contributed by atoms with Crippen molar-refractivity contribution in [3.8, 4) is 5.75 Å². The monoisotopic (exact) mass is 347 g/mol. The number of hydroxylamine groups is 2. The highest BCUT2D eigenvalue weighted by Crippen LogP contribution is 2.24. The Labute approximate surface area is 131 Å². The minimum atomic E-state index is -5.12. The third-order valence-corrected chi connectivity index (χ3v) is 3.64. The highest BCUT2D eigenvalue weighted by molar-refractivity contribution is 7.81. The number of benzene rings is 1. The highest BCUT2D eigenvalue weighted by Gasteiger charge is 2.34. The summed E-state index contributed by atoms with van der Waals surface area (Å²) in [7, 11) is -5.12. The van der Waals surface area contributed by atoms with Crippen molar-refractivity contribution >= 4 is 22.4 Å². The van der Waals surface area contributed by atoms with Crippen LogP contribution in [0.2, 0.25) is 0 Å². The van der Waals surface area contributed by atoms with E-state index in [1.807, 2.05) is 0 Å². The van der Waals surface area contributed by atoms with Gasteiger partial charge < -0.3 is 14.1 Å². The Kier molecular flexibility index (Phi) is 4.85. The zero-order valence-electron chi connectivity index (χ0n) is 12.0. The van der Waals surface area contributed by atoms with Gasteiger partial charge in [0.25, 0.3) is 5.91 Å². The molecule has 1 aliphatic heterocycles. The lowest BCUT2D eigenvalue weighted by molar-refractivity contribution is -0.221. The minimum Gasteiger partial charge on any atom is -0.370 e.